The number of nitrogens with zero attached hydrogens (tertiary/aromatic N) is 5. The van der Waals surface area contributed by atoms with Gasteiger partial charge < -0.3 is 18.9 Å². The van der Waals surface area contributed by atoms with Crippen LogP contribution in [0.5, 0.6) is 11.5 Å². The zero-order valence-electron chi connectivity index (χ0n) is 17.7. The first kappa shape index (κ1) is 20.8. The van der Waals surface area contributed by atoms with E-state index in [-0.39, 0.29) is 11.8 Å². The molecule has 2 aromatic heterocycles. The molecule has 1 aromatic carbocycles. The number of benzene rings is 1. The lowest BCUT2D eigenvalue weighted by atomic mass is 9.94. The van der Waals surface area contributed by atoms with Crippen LogP contribution in [0.15, 0.2) is 41.3 Å². The van der Waals surface area contributed by atoms with Crippen LogP contribution < -0.4 is 9.47 Å². The van der Waals surface area contributed by atoms with Gasteiger partial charge in [0.05, 0.1) is 26.8 Å². The van der Waals surface area contributed by atoms with Gasteiger partial charge in [0.1, 0.15) is 5.69 Å². The molecule has 1 saturated heterocycles. The molecule has 1 aliphatic rings. The summed E-state index contributed by atoms with van der Waals surface area (Å²) in [7, 11) is 3.18. The molecule has 0 aliphatic carbocycles. The molecule has 9 nitrogen and oxygen atoms in total. The van der Waals surface area contributed by atoms with Crippen LogP contribution in [0.1, 0.15) is 24.3 Å². The number of hydrogen-bond acceptors (Lipinski definition) is 8. The van der Waals surface area contributed by atoms with E-state index in [4.69, 9.17) is 14.0 Å². The van der Waals surface area contributed by atoms with E-state index in [0.717, 1.165) is 24.9 Å². The summed E-state index contributed by atoms with van der Waals surface area (Å²) in [4.78, 5) is 27.5. The highest BCUT2D eigenvalue weighted by atomic mass is 16.5. The van der Waals surface area contributed by atoms with Crippen molar-refractivity contribution in [1.29, 1.82) is 0 Å². The Labute approximate surface area is 180 Å². The molecule has 4 rings (SSSR count). The Bertz CT molecular complexity index is 1020. The van der Waals surface area contributed by atoms with E-state index in [1.807, 2.05) is 23.1 Å². The summed E-state index contributed by atoms with van der Waals surface area (Å²) in [6.45, 7) is 1.44. The normalized spacial score (nSPS) is 16.2. The van der Waals surface area contributed by atoms with Crippen LogP contribution in [0, 0.1) is 5.92 Å². The summed E-state index contributed by atoms with van der Waals surface area (Å²) in [6, 6.07) is 5.57. The SMILES string of the molecule is COc1ccc(CC(=O)N2CCCC(Cc3nc(-c4cnccn4)no3)C2)cc1OC. The van der Waals surface area contributed by atoms with Gasteiger partial charge in [0.15, 0.2) is 11.5 Å². The maximum atomic E-state index is 12.9. The van der Waals surface area contributed by atoms with Crippen LogP contribution in [-0.2, 0) is 17.6 Å². The van der Waals surface area contributed by atoms with E-state index in [0.29, 0.717) is 48.3 Å². The summed E-state index contributed by atoms with van der Waals surface area (Å²) >= 11 is 0. The minimum atomic E-state index is 0.0997. The molecule has 0 bridgehead atoms. The fraction of sp³-hybridized carbons (Fsp3) is 0.409. The Balaban J connectivity index is 1.36. The Morgan fingerprint density at radius 2 is 2.10 bits per heavy atom. The third kappa shape index (κ3) is 4.99. The highest BCUT2D eigenvalue weighted by molar-refractivity contribution is 5.79. The number of carbonyl (C=O) groups is 1. The Hall–Kier alpha value is -3.49. The van der Waals surface area contributed by atoms with Crippen molar-refractivity contribution in [1.82, 2.24) is 25.0 Å². The maximum absolute atomic E-state index is 12.9. The standard InChI is InChI=1S/C22H25N5O4/c1-29-18-6-5-15(10-19(18)30-2)12-21(28)27-9-3-4-16(14-27)11-20-25-22(26-31-20)17-13-23-7-8-24-17/h5-8,10,13,16H,3-4,9,11-12,14H2,1-2H3. The highest BCUT2D eigenvalue weighted by Crippen LogP contribution is 2.28. The van der Waals surface area contributed by atoms with Gasteiger partial charge in [-0.2, -0.15) is 4.98 Å². The molecule has 0 radical (unpaired) electrons. The topological polar surface area (TPSA) is 103 Å². The number of amides is 1. The first-order chi connectivity index (χ1) is 15.2. The third-order valence-corrected chi connectivity index (χ3v) is 5.40. The van der Waals surface area contributed by atoms with Gasteiger partial charge in [-0.3, -0.25) is 9.78 Å². The quantitative estimate of drug-likeness (QED) is 0.571. The molecule has 0 spiro atoms. The highest BCUT2D eigenvalue weighted by Gasteiger charge is 2.26. The molecule has 0 saturated carbocycles. The minimum Gasteiger partial charge on any atom is -0.493 e. The number of aromatic nitrogens is 4. The van der Waals surface area contributed by atoms with Gasteiger partial charge in [0, 0.05) is 31.9 Å². The lowest BCUT2D eigenvalue weighted by Crippen LogP contribution is -2.41. The number of hydrogen-bond donors (Lipinski definition) is 0. The van der Waals surface area contributed by atoms with Crippen LogP contribution in [0.2, 0.25) is 0 Å². The zero-order chi connectivity index (χ0) is 21.6. The average molecular weight is 423 g/mol. The Morgan fingerprint density at radius 3 is 2.87 bits per heavy atom. The Kier molecular flexibility index (Phi) is 6.40. The van der Waals surface area contributed by atoms with Crippen molar-refractivity contribution >= 4 is 5.91 Å². The molecular formula is C22H25N5O4. The van der Waals surface area contributed by atoms with E-state index in [1.165, 1.54) is 0 Å². The Morgan fingerprint density at radius 1 is 1.23 bits per heavy atom. The molecule has 31 heavy (non-hydrogen) atoms. The van der Waals surface area contributed by atoms with Gasteiger partial charge in [-0.25, -0.2) is 4.98 Å². The molecule has 3 heterocycles. The third-order valence-electron chi connectivity index (χ3n) is 5.40. The van der Waals surface area contributed by atoms with Gasteiger partial charge in [0.25, 0.3) is 0 Å². The lowest BCUT2D eigenvalue weighted by Gasteiger charge is -2.32. The van der Waals surface area contributed by atoms with Crippen LogP contribution in [0.3, 0.4) is 0 Å². The van der Waals surface area contributed by atoms with E-state index in [2.05, 4.69) is 20.1 Å². The second-order valence-electron chi connectivity index (χ2n) is 7.52. The molecule has 3 aromatic rings. The predicted molar refractivity (Wildman–Crippen MR) is 112 cm³/mol. The summed E-state index contributed by atoms with van der Waals surface area (Å²) in [5.74, 6) is 2.64. The second-order valence-corrected chi connectivity index (χ2v) is 7.52. The van der Waals surface area contributed by atoms with Crippen molar-refractivity contribution in [2.75, 3.05) is 27.3 Å². The molecule has 0 N–H and O–H groups in total. The maximum Gasteiger partial charge on any atom is 0.227 e. The van der Waals surface area contributed by atoms with Crippen molar-refractivity contribution in [2.45, 2.75) is 25.7 Å². The molecule has 1 unspecified atom stereocenters. The number of piperidine rings is 1. The number of likely N-dealkylation sites (tertiary alicyclic amines) is 1. The van der Waals surface area contributed by atoms with Gasteiger partial charge in [-0.15, -0.1) is 0 Å². The molecule has 1 amide bonds. The van der Waals surface area contributed by atoms with Gasteiger partial charge in [-0.05, 0) is 36.5 Å². The fourth-order valence-corrected chi connectivity index (χ4v) is 3.84. The molecule has 1 atom stereocenters. The first-order valence-corrected chi connectivity index (χ1v) is 10.2. The van der Waals surface area contributed by atoms with Crippen molar-refractivity contribution in [3.05, 3.63) is 48.2 Å². The van der Waals surface area contributed by atoms with E-state index >= 15 is 0 Å². The molecular weight excluding hydrogens is 398 g/mol. The first-order valence-electron chi connectivity index (χ1n) is 10.2. The molecule has 1 aliphatic heterocycles. The second kappa shape index (κ2) is 9.55. The van der Waals surface area contributed by atoms with Crippen LogP contribution in [0.25, 0.3) is 11.5 Å². The number of carbonyl (C=O) groups excluding carboxylic acids is 1. The summed E-state index contributed by atoms with van der Waals surface area (Å²) in [5.41, 5.74) is 1.48. The minimum absolute atomic E-state index is 0.0997. The summed E-state index contributed by atoms with van der Waals surface area (Å²) in [5, 5.41) is 4.00. The largest absolute Gasteiger partial charge is 0.493 e. The van der Waals surface area contributed by atoms with Gasteiger partial charge in [0.2, 0.25) is 17.6 Å². The average Bonchev–Trinajstić information content (AvgIpc) is 3.28. The van der Waals surface area contributed by atoms with Crippen LogP contribution >= 0.6 is 0 Å². The smallest absolute Gasteiger partial charge is 0.227 e. The predicted octanol–water partition coefficient (Wildman–Crippen LogP) is 2.57. The molecule has 9 heteroatoms. The van der Waals surface area contributed by atoms with Crippen molar-refractivity contribution in [3.8, 4) is 23.0 Å². The van der Waals surface area contributed by atoms with E-state index in [9.17, 15) is 4.79 Å². The number of rotatable bonds is 7. The molecule has 1 fully saturated rings. The summed E-state index contributed by atoms with van der Waals surface area (Å²) < 4.78 is 16.0. The number of ether oxygens (including phenoxy) is 2. The van der Waals surface area contributed by atoms with Crippen LogP contribution in [0.4, 0.5) is 0 Å². The van der Waals surface area contributed by atoms with Crippen molar-refractivity contribution < 1.29 is 18.8 Å². The molecule has 162 valence electrons. The van der Waals surface area contributed by atoms with Crippen molar-refractivity contribution in [3.63, 3.8) is 0 Å². The van der Waals surface area contributed by atoms with Gasteiger partial charge >= 0.3 is 0 Å². The fourth-order valence-electron chi connectivity index (χ4n) is 3.84. The number of methoxy groups -OCH3 is 2. The van der Waals surface area contributed by atoms with E-state index < -0.39 is 0 Å². The monoisotopic (exact) mass is 423 g/mol. The van der Waals surface area contributed by atoms with Crippen molar-refractivity contribution in [2.24, 2.45) is 5.92 Å². The lowest BCUT2D eigenvalue weighted by molar-refractivity contribution is -0.132. The summed E-state index contributed by atoms with van der Waals surface area (Å²) in [6.07, 6.45) is 7.71. The van der Waals surface area contributed by atoms with Gasteiger partial charge in [-0.1, -0.05) is 11.2 Å². The van der Waals surface area contributed by atoms with E-state index in [1.54, 1.807) is 32.8 Å². The zero-order valence-corrected chi connectivity index (χ0v) is 17.7. The van der Waals surface area contributed by atoms with Crippen LogP contribution in [-0.4, -0.2) is 58.2 Å².